The van der Waals surface area contributed by atoms with Crippen molar-refractivity contribution in [2.24, 2.45) is 0 Å². The Morgan fingerprint density at radius 3 is 2.82 bits per heavy atom. The fourth-order valence-electron chi connectivity index (χ4n) is 1.53. The van der Waals surface area contributed by atoms with Crippen molar-refractivity contribution in [1.29, 1.82) is 0 Å². The van der Waals surface area contributed by atoms with E-state index >= 15 is 0 Å². The lowest BCUT2D eigenvalue weighted by atomic mass is 10.1. The Balaban J connectivity index is 2.70. The number of pyridine rings is 1. The molecule has 0 aliphatic carbocycles. The number of hydrogen-bond donors (Lipinski definition) is 0. The predicted octanol–water partition coefficient (Wildman–Crippen LogP) is 2.07. The molecule has 0 spiro atoms. The first-order valence-electron chi connectivity index (χ1n) is 4.80. The molecule has 1 aromatic carbocycles. The Morgan fingerprint density at radius 2 is 2.18 bits per heavy atom. The lowest BCUT2D eigenvalue weighted by molar-refractivity contribution is -0.383. The first kappa shape index (κ1) is 11.0. The van der Waals surface area contributed by atoms with Crippen molar-refractivity contribution in [3.05, 3.63) is 40.6 Å². The van der Waals surface area contributed by atoms with E-state index in [0.717, 1.165) is 0 Å². The number of nitrogens with zero attached hydrogens (tertiary/aromatic N) is 2. The van der Waals surface area contributed by atoms with Gasteiger partial charge in [-0.15, -0.1) is 0 Å². The van der Waals surface area contributed by atoms with E-state index in [4.69, 9.17) is 4.74 Å². The van der Waals surface area contributed by atoms with Crippen molar-refractivity contribution in [2.45, 2.75) is 6.92 Å². The van der Waals surface area contributed by atoms with Gasteiger partial charge in [-0.3, -0.25) is 19.9 Å². The Kier molecular flexibility index (Phi) is 2.70. The quantitative estimate of drug-likeness (QED) is 0.342. The molecular weight excluding hydrogens is 224 g/mol. The molecule has 86 valence electrons. The Morgan fingerprint density at radius 1 is 1.41 bits per heavy atom. The molecular formula is C11H8N2O4. The number of rotatable bonds is 2. The molecule has 0 atom stereocenters. The topological polar surface area (TPSA) is 82.3 Å². The Labute approximate surface area is 96.0 Å². The van der Waals surface area contributed by atoms with Crippen molar-refractivity contribution in [3.8, 4) is 5.75 Å². The van der Waals surface area contributed by atoms with E-state index in [1.165, 1.54) is 25.3 Å². The minimum Gasteiger partial charge on any atom is -0.424 e. The molecule has 6 nitrogen and oxygen atoms in total. The summed E-state index contributed by atoms with van der Waals surface area (Å²) in [6, 6.07) is 5.82. The summed E-state index contributed by atoms with van der Waals surface area (Å²) in [6.07, 6.45) is 1.49. The summed E-state index contributed by atoms with van der Waals surface area (Å²) in [6.45, 7) is 1.26. The van der Waals surface area contributed by atoms with E-state index < -0.39 is 10.9 Å². The summed E-state index contributed by atoms with van der Waals surface area (Å²) in [5, 5.41) is 11.2. The number of nitro groups is 1. The molecule has 0 saturated carbocycles. The third kappa shape index (κ3) is 2.05. The second-order valence-corrected chi connectivity index (χ2v) is 3.33. The number of ether oxygens (including phenoxy) is 1. The number of esters is 1. The maximum atomic E-state index is 10.9. The number of hydrogen-bond acceptors (Lipinski definition) is 5. The molecule has 2 aromatic rings. The van der Waals surface area contributed by atoms with Gasteiger partial charge < -0.3 is 4.74 Å². The van der Waals surface area contributed by atoms with Crippen LogP contribution in [0.2, 0.25) is 0 Å². The summed E-state index contributed by atoms with van der Waals surface area (Å²) in [7, 11) is 0. The lowest BCUT2D eigenvalue weighted by Gasteiger charge is -2.05. The molecule has 6 heteroatoms. The molecule has 0 radical (unpaired) electrons. The third-order valence-electron chi connectivity index (χ3n) is 2.16. The third-order valence-corrected chi connectivity index (χ3v) is 2.16. The zero-order chi connectivity index (χ0) is 12.4. The molecule has 17 heavy (non-hydrogen) atoms. The first-order chi connectivity index (χ1) is 8.09. The van der Waals surface area contributed by atoms with Crippen LogP contribution >= 0.6 is 0 Å². The van der Waals surface area contributed by atoms with Gasteiger partial charge in [-0.05, 0) is 18.2 Å². The van der Waals surface area contributed by atoms with E-state index in [-0.39, 0.29) is 11.4 Å². The fraction of sp³-hybridized carbons (Fsp3) is 0.0909. The molecule has 0 aliphatic rings. The summed E-state index contributed by atoms with van der Waals surface area (Å²) in [4.78, 5) is 25.2. The van der Waals surface area contributed by atoms with E-state index in [0.29, 0.717) is 10.9 Å². The normalized spacial score (nSPS) is 10.2. The van der Waals surface area contributed by atoms with Gasteiger partial charge in [0.1, 0.15) is 5.52 Å². The van der Waals surface area contributed by atoms with E-state index in [9.17, 15) is 14.9 Å². The molecule has 0 saturated heterocycles. The number of aromatic nitrogens is 1. The van der Waals surface area contributed by atoms with Gasteiger partial charge in [-0.2, -0.15) is 0 Å². The van der Waals surface area contributed by atoms with E-state index in [2.05, 4.69) is 4.98 Å². The standard InChI is InChI=1S/C11H8N2O4/c1-7(14)17-10-5-4-9(13(15)16)8-3-2-6-12-11(8)10/h2-6H,1H3. The highest BCUT2D eigenvalue weighted by molar-refractivity contribution is 5.93. The maximum absolute atomic E-state index is 10.9. The molecule has 0 bridgehead atoms. The Bertz CT molecular complexity index is 609. The number of carbonyl (C=O) groups is 1. The molecule has 0 amide bonds. The summed E-state index contributed by atoms with van der Waals surface area (Å²) in [5.74, 6) is -0.274. The maximum Gasteiger partial charge on any atom is 0.308 e. The van der Waals surface area contributed by atoms with Crippen LogP contribution in [0.4, 0.5) is 5.69 Å². The number of benzene rings is 1. The van der Waals surface area contributed by atoms with E-state index in [1.807, 2.05) is 0 Å². The molecule has 0 aliphatic heterocycles. The average Bonchev–Trinajstić information content (AvgIpc) is 2.28. The Hall–Kier alpha value is -2.50. The first-order valence-corrected chi connectivity index (χ1v) is 4.80. The van der Waals surface area contributed by atoms with Crippen molar-refractivity contribution in [3.63, 3.8) is 0 Å². The second-order valence-electron chi connectivity index (χ2n) is 3.33. The van der Waals surface area contributed by atoms with Crippen molar-refractivity contribution >= 4 is 22.6 Å². The average molecular weight is 232 g/mol. The SMILES string of the molecule is CC(=O)Oc1ccc([N+](=O)[O-])c2cccnc12. The number of fused-ring (bicyclic) bond motifs is 1. The molecule has 0 fully saturated rings. The minimum atomic E-state index is -0.498. The van der Waals surface area contributed by atoms with Crippen molar-refractivity contribution in [1.82, 2.24) is 4.98 Å². The van der Waals surface area contributed by atoms with Crippen LogP contribution in [0.5, 0.6) is 5.75 Å². The van der Waals surface area contributed by atoms with Crippen LogP contribution in [0.3, 0.4) is 0 Å². The zero-order valence-electron chi connectivity index (χ0n) is 8.91. The van der Waals surface area contributed by atoms with Gasteiger partial charge in [0.05, 0.1) is 10.3 Å². The summed E-state index contributed by atoms with van der Waals surface area (Å²) >= 11 is 0. The predicted molar refractivity (Wildman–Crippen MR) is 59.7 cm³/mol. The highest BCUT2D eigenvalue weighted by atomic mass is 16.6. The number of nitro benzene ring substituents is 1. The van der Waals surface area contributed by atoms with Crippen LogP contribution < -0.4 is 4.74 Å². The molecule has 1 aromatic heterocycles. The lowest BCUT2D eigenvalue weighted by Crippen LogP contribution is -2.03. The van der Waals surface area contributed by atoms with Gasteiger partial charge in [0.25, 0.3) is 5.69 Å². The molecule has 0 unspecified atom stereocenters. The van der Waals surface area contributed by atoms with Crippen LogP contribution in [-0.4, -0.2) is 15.9 Å². The zero-order valence-corrected chi connectivity index (χ0v) is 8.91. The molecule has 2 rings (SSSR count). The van der Waals surface area contributed by atoms with Gasteiger partial charge in [0, 0.05) is 19.2 Å². The molecule has 1 heterocycles. The number of non-ortho nitro benzene ring substituents is 1. The fourth-order valence-corrected chi connectivity index (χ4v) is 1.53. The van der Waals surface area contributed by atoms with Crippen LogP contribution in [0.1, 0.15) is 6.92 Å². The van der Waals surface area contributed by atoms with Crippen LogP contribution in [0.25, 0.3) is 10.9 Å². The highest BCUT2D eigenvalue weighted by Crippen LogP contribution is 2.31. The van der Waals surface area contributed by atoms with Crippen LogP contribution in [-0.2, 0) is 4.79 Å². The van der Waals surface area contributed by atoms with Crippen LogP contribution in [0.15, 0.2) is 30.5 Å². The smallest absolute Gasteiger partial charge is 0.308 e. The van der Waals surface area contributed by atoms with Crippen LogP contribution in [0, 0.1) is 10.1 Å². The number of carbonyl (C=O) groups excluding carboxylic acids is 1. The summed E-state index contributed by atoms with van der Waals surface area (Å²) in [5.41, 5.74) is 0.237. The monoisotopic (exact) mass is 232 g/mol. The van der Waals surface area contributed by atoms with Gasteiger partial charge in [-0.1, -0.05) is 0 Å². The van der Waals surface area contributed by atoms with Gasteiger partial charge >= 0.3 is 5.97 Å². The largest absolute Gasteiger partial charge is 0.424 e. The van der Waals surface area contributed by atoms with Crippen molar-refractivity contribution < 1.29 is 14.5 Å². The second kappa shape index (κ2) is 4.17. The van der Waals surface area contributed by atoms with Gasteiger partial charge in [-0.25, -0.2) is 0 Å². The van der Waals surface area contributed by atoms with E-state index in [1.54, 1.807) is 12.1 Å². The minimum absolute atomic E-state index is 0.0657. The molecule has 0 N–H and O–H groups in total. The highest BCUT2D eigenvalue weighted by Gasteiger charge is 2.16. The summed E-state index contributed by atoms with van der Waals surface area (Å²) < 4.78 is 4.94. The van der Waals surface area contributed by atoms with Gasteiger partial charge in [0.15, 0.2) is 5.75 Å². The van der Waals surface area contributed by atoms with Crippen molar-refractivity contribution in [2.75, 3.05) is 0 Å². The van der Waals surface area contributed by atoms with Gasteiger partial charge in [0.2, 0.25) is 0 Å².